The van der Waals surface area contributed by atoms with Gasteiger partial charge < -0.3 is 15.1 Å². The molecule has 1 rings (SSSR count). The van der Waals surface area contributed by atoms with Gasteiger partial charge in [0.05, 0.1) is 0 Å². The monoisotopic (exact) mass is 283 g/mol. The molecule has 0 radical (unpaired) electrons. The molecule has 0 aromatic rings. The van der Waals surface area contributed by atoms with Crippen LogP contribution in [0.1, 0.15) is 46.5 Å². The number of rotatable bonds is 9. The molecule has 0 aliphatic heterocycles. The van der Waals surface area contributed by atoms with Gasteiger partial charge in [-0.2, -0.15) is 0 Å². The van der Waals surface area contributed by atoms with Gasteiger partial charge in [0, 0.05) is 38.8 Å². The van der Waals surface area contributed by atoms with Crippen molar-refractivity contribution in [3.05, 3.63) is 0 Å². The summed E-state index contributed by atoms with van der Waals surface area (Å²) < 4.78 is 0. The third kappa shape index (κ3) is 8.23. The molecule has 0 spiro atoms. The number of nitrogens with one attached hydrogen (secondary N) is 1. The van der Waals surface area contributed by atoms with E-state index in [-0.39, 0.29) is 0 Å². The van der Waals surface area contributed by atoms with Crippen LogP contribution < -0.4 is 5.32 Å². The van der Waals surface area contributed by atoms with Crippen molar-refractivity contribution in [3.8, 4) is 0 Å². The van der Waals surface area contributed by atoms with Gasteiger partial charge >= 0.3 is 0 Å². The maximum Gasteiger partial charge on any atom is 0.0110 e. The van der Waals surface area contributed by atoms with Gasteiger partial charge in [-0.15, -0.1) is 0 Å². The molecule has 1 N–H and O–H groups in total. The van der Waals surface area contributed by atoms with Gasteiger partial charge in [-0.3, -0.25) is 0 Å². The zero-order chi connectivity index (χ0) is 15.0. The Morgan fingerprint density at radius 1 is 1.10 bits per heavy atom. The van der Waals surface area contributed by atoms with E-state index in [1.165, 1.54) is 45.3 Å². The molecular formula is C17H37N3. The van der Waals surface area contributed by atoms with Crippen LogP contribution in [0.2, 0.25) is 0 Å². The Hall–Kier alpha value is -0.120. The van der Waals surface area contributed by atoms with Crippen molar-refractivity contribution < 1.29 is 0 Å². The van der Waals surface area contributed by atoms with Crippen LogP contribution in [0.5, 0.6) is 0 Å². The Morgan fingerprint density at radius 2 is 1.85 bits per heavy atom. The van der Waals surface area contributed by atoms with Crippen molar-refractivity contribution >= 4 is 0 Å². The highest BCUT2D eigenvalue weighted by atomic mass is 15.2. The molecule has 0 bridgehead atoms. The van der Waals surface area contributed by atoms with Crippen molar-refractivity contribution in [2.45, 2.75) is 52.5 Å². The molecule has 2 unspecified atom stereocenters. The van der Waals surface area contributed by atoms with Crippen molar-refractivity contribution in [1.29, 1.82) is 0 Å². The Morgan fingerprint density at radius 3 is 2.45 bits per heavy atom. The number of nitrogens with zero attached hydrogens (tertiary/aromatic N) is 2. The van der Waals surface area contributed by atoms with E-state index >= 15 is 0 Å². The molecule has 1 fully saturated rings. The zero-order valence-electron chi connectivity index (χ0n) is 14.5. The Kier molecular flexibility index (Phi) is 8.74. The molecule has 2 atom stereocenters. The minimum Gasteiger partial charge on any atom is -0.313 e. The molecule has 1 aliphatic carbocycles. The smallest absolute Gasteiger partial charge is 0.0110 e. The Labute approximate surface area is 127 Å². The molecule has 120 valence electrons. The first-order chi connectivity index (χ1) is 9.47. The second kappa shape index (κ2) is 9.75. The first-order valence-corrected chi connectivity index (χ1v) is 8.57. The predicted molar refractivity (Wildman–Crippen MR) is 89.3 cm³/mol. The van der Waals surface area contributed by atoms with E-state index in [2.05, 4.69) is 50.0 Å². The minimum absolute atomic E-state index is 0.756. The van der Waals surface area contributed by atoms with Crippen molar-refractivity contribution in [1.82, 2.24) is 15.1 Å². The van der Waals surface area contributed by atoms with E-state index in [0.29, 0.717) is 0 Å². The van der Waals surface area contributed by atoms with Crippen LogP contribution in [0.25, 0.3) is 0 Å². The molecule has 0 heterocycles. The highest BCUT2D eigenvalue weighted by molar-refractivity contribution is 4.76. The summed E-state index contributed by atoms with van der Waals surface area (Å²) >= 11 is 0. The van der Waals surface area contributed by atoms with Crippen LogP contribution in [0.3, 0.4) is 0 Å². The fraction of sp³-hybridized carbons (Fsp3) is 1.00. The maximum atomic E-state index is 3.79. The van der Waals surface area contributed by atoms with Crippen LogP contribution in [0.15, 0.2) is 0 Å². The highest BCUT2D eigenvalue weighted by Gasteiger charge is 2.18. The first-order valence-electron chi connectivity index (χ1n) is 8.57. The van der Waals surface area contributed by atoms with Crippen LogP contribution in [-0.4, -0.2) is 62.7 Å². The van der Waals surface area contributed by atoms with Gasteiger partial charge in [0.15, 0.2) is 0 Å². The minimum atomic E-state index is 0.756. The average molecular weight is 284 g/mol. The number of hydrogen-bond donors (Lipinski definition) is 1. The Bertz CT molecular complexity index is 240. The van der Waals surface area contributed by atoms with Gasteiger partial charge in [0.25, 0.3) is 0 Å². The number of likely N-dealkylation sites (N-methyl/N-ethyl adjacent to an activating group) is 1. The van der Waals surface area contributed by atoms with Crippen molar-refractivity contribution in [2.75, 3.05) is 46.8 Å². The summed E-state index contributed by atoms with van der Waals surface area (Å²) in [4.78, 5) is 4.90. The van der Waals surface area contributed by atoms with E-state index in [4.69, 9.17) is 0 Å². The molecule has 0 saturated heterocycles. The lowest BCUT2D eigenvalue weighted by molar-refractivity contribution is 0.211. The summed E-state index contributed by atoms with van der Waals surface area (Å²) in [5.41, 5.74) is 0. The maximum absolute atomic E-state index is 3.79. The molecule has 3 heteroatoms. The van der Waals surface area contributed by atoms with E-state index in [0.717, 1.165) is 31.0 Å². The summed E-state index contributed by atoms with van der Waals surface area (Å²) in [6.07, 6.45) is 5.60. The van der Waals surface area contributed by atoms with Crippen molar-refractivity contribution in [2.24, 2.45) is 11.8 Å². The number of hydrogen-bond acceptors (Lipinski definition) is 3. The van der Waals surface area contributed by atoms with Gasteiger partial charge in [0.2, 0.25) is 0 Å². The average Bonchev–Trinajstić information content (AvgIpc) is 2.35. The highest BCUT2D eigenvalue weighted by Crippen LogP contribution is 2.23. The molecular weight excluding hydrogens is 246 g/mol. The molecule has 3 nitrogen and oxygen atoms in total. The summed E-state index contributed by atoms with van der Waals surface area (Å²) in [5.74, 6) is 1.67. The van der Waals surface area contributed by atoms with E-state index in [1.54, 1.807) is 0 Å². The van der Waals surface area contributed by atoms with E-state index in [9.17, 15) is 0 Å². The van der Waals surface area contributed by atoms with E-state index < -0.39 is 0 Å². The fourth-order valence-electron chi connectivity index (χ4n) is 3.20. The lowest BCUT2D eigenvalue weighted by Gasteiger charge is -2.30. The van der Waals surface area contributed by atoms with Crippen LogP contribution >= 0.6 is 0 Å². The van der Waals surface area contributed by atoms with Gasteiger partial charge in [-0.1, -0.05) is 33.6 Å². The van der Waals surface area contributed by atoms with Crippen LogP contribution in [0.4, 0.5) is 0 Å². The summed E-state index contributed by atoms with van der Waals surface area (Å²) in [6.45, 7) is 12.9. The van der Waals surface area contributed by atoms with Crippen LogP contribution in [0, 0.1) is 11.8 Å². The van der Waals surface area contributed by atoms with Gasteiger partial charge in [0.1, 0.15) is 0 Å². The zero-order valence-corrected chi connectivity index (χ0v) is 14.5. The third-order valence-electron chi connectivity index (χ3n) is 4.28. The molecule has 0 aromatic heterocycles. The van der Waals surface area contributed by atoms with Gasteiger partial charge in [-0.05, 0) is 38.8 Å². The largest absolute Gasteiger partial charge is 0.313 e. The first kappa shape index (κ1) is 17.9. The quantitative estimate of drug-likeness (QED) is 0.702. The lowest BCUT2D eigenvalue weighted by Crippen LogP contribution is -2.42. The SMILES string of the molecule is CC(C)CN(CCNC1CCCC(C)C1)CCN(C)C. The second-order valence-electron chi connectivity index (χ2n) is 7.42. The Balaban J connectivity index is 2.22. The molecule has 0 amide bonds. The standard InChI is InChI=1S/C17H37N3/c1-15(2)14-20(12-11-19(4)5)10-9-18-17-8-6-7-16(3)13-17/h15-18H,6-14H2,1-5H3. The molecule has 1 saturated carbocycles. The third-order valence-corrected chi connectivity index (χ3v) is 4.28. The summed E-state index contributed by atoms with van der Waals surface area (Å²) in [5, 5.41) is 3.79. The molecule has 0 aromatic carbocycles. The topological polar surface area (TPSA) is 18.5 Å². The van der Waals surface area contributed by atoms with Crippen molar-refractivity contribution in [3.63, 3.8) is 0 Å². The van der Waals surface area contributed by atoms with Gasteiger partial charge in [-0.25, -0.2) is 0 Å². The fourth-order valence-corrected chi connectivity index (χ4v) is 3.20. The van der Waals surface area contributed by atoms with Crippen LogP contribution in [-0.2, 0) is 0 Å². The molecule has 20 heavy (non-hydrogen) atoms. The lowest BCUT2D eigenvalue weighted by atomic mass is 9.87. The normalized spacial score (nSPS) is 24.0. The summed E-state index contributed by atoms with van der Waals surface area (Å²) in [7, 11) is 4.32. The predicted octanol–water partition coefficient (Wildman–Crippen LogP) is 2.67. The molecule has 1 aliphatic rings. The van der Waals surface area contributed by atoms with E-state index in [1.807, 2.05) is 0 Å². The second-order valence-corrected chi connectivity index (χ2v) is 7.42. The summed E-state index contributed by atoms with van der Waals surface area (Å²) in [6, 6.07) is 0.772.